The van der Waals surface area contributed by atoms with Crippen LogP contribution >= 0.6 is 0 Å². The summed E-state index contributed by atoms with van der Waals surface area (Å²) >= 11 is 0. The molecule has 0 aliphatic carbocycles. The number of nitrogens with zero attached hydrogens (tertiary/aromatic N) is 1. The molecule has 4 nitrogen and oxygen atoms in total. The Balaban J connectivity index is 2.36. The zero-order chi connectivity index (χ0) is 11.3. The van der Waals surface area contributed by atoms with Gasteiger partial charge in [0.25, 0.3) is 0 Å². The van der Waals surface area contributed by atoms with Gasteiger partial charge < -0.3 is 11.1 Å². The predicted molar refractivity (Wildman–Crippen MR) is 61.5 cm³/mol. The minimum absolute atomic E-state index is 0.0775. The first-order valence-corrected chi connectivity index (χ1v) is 5.88. The van der Waals surface area contributed by atoms with E-state index in [1.807, 2.05) is 0 Å². The highest BCUT2D eigenvalue weighted by molar-refractivity contribution is 5.73. The van der Waals surface area contributed by atoms with Gasteiger partial charge in [-0.3, -0.25) is 9.69 Å². The molecule has 1 fully saturated rings. The zero-order valence-corrected chi connectivity index (χ0v) is 9.83. The highest BCUT2D eigenvalue weighted by Crippen LogP contribution is 2.16. The lowest BCUT2D eigenvalue weighted by Gasteiger charge is -2.26. The van der Waals surface area contributed by atoms with Gasteiger partial charge in [-0.1, -0.05) is 6.92 Å². The second-order valence-electron chi connectivity index (χ2n) is 4.32. The third-order valence-electron chi connectivity index (χ3n) is 3.11. The Morgan fingerprint density at radius 3 is 2.93 bits per heavy atom. The number of amides is 1. The molecule has 0 aromatic heterocycles. The van der Waals surface area contributed by atoms with Crippen molar-refractivity contribution in [3.8, 4) is 0 Å². The van der Waals surface area contributed by atoms with E-state index in [-0.39, 0.29) is 5.91 Å². The lowest BCUT2D eigenvalue weighted by atomic mass is 10.1. The molecule has 0 bridgehead atoms. The molecule has 0 saturated carbocycles. The highest BCUT2D eigenvalue weighted by atomic mass is 16.1. The van der Waals surface area contributed by atoms with E-state index in [4.69, 9.17) is 5.73 Å². The molecule has 88 valence electrons. The van der Waals surface area contributed by atoms with Crippen molar-refractivity contribution in [2.45, 2.75) is 45.2 Å². The molecule has 0 radical (unpaired) electrons. The van der Waals surface area contributed by atoms with Crippen LogP contribution < -0.4 is 11.1 Å². The molecule has 2 unspecified atom stereocenters. The van der Waals surface area contributed by atoms with Gasteiger partial charge in [-0.2, -0.15) is 0 Å². The monoisotopic (exact) mass is 213 g/mol. The van der Waals surface area contributed by atoms with Gasteiger partial charge in [0.15, 0.2) is 0 Å². The lowest BCUT2D eigenvalue weighted by Crippen LogP contribution is -2.39. The van der Waals surface area contributed by atoms with E-state index in [1.165, 1.54) is 0 Å². The summed E-state index contributed by atoms with van der Waals surface area (Å²) in [7, 11) is 0. The van der Waals surface area contributed by atoms with Crippen molar-refractivity contribution >= 4 is 5.91 Å². The van der Waals surface area contributed by atoms with Gasteiger partial charge in [0.1, 0.15) is 0 Å². The molecule has 0 aromatic rings. The lowest BCUT2D eigenvalue weighted by molar-refractivity contribution is -0.119. The maximum absolute atomic E-state index is 10.9. The summed E-state index contributed by atoms with van der Waals surface area (Å²) in [6, 6.07) is 0.933. The molecule has 2 atom stereocenters. The Bertz CT molecular complexity index is 208. The van der Waals surface area contributed by atoms with E-state index in [0.717, 1.165) is 38.9 Å². The maximum atomic E-state index is 10.9. The number of nitrogens with one attached hydrogen (secondary N) is 1. The largest absolute Gasteiger partial charge is 0.352 e. The maximum Gasteiger partial charge on any atom is 0.217 e. The first-order valence-electron chi connectivity index (χ1n) is 5.88. The van der Waals surface area contributed by atoms with Crippen LogP contribution in [0.15, 0.2) is 0 Å². The van der Waals surface area contributed by atoms with Gasteiger partial charge in [0, 0.05) is 32.1 Å². The van der Waals surface area contributed by atoms with E-state index >= 15 is 0 Å². The molecule has 1 amide bonds. The van der Waals surface area contributed by atoms with E-state index in [9.17, 15) is 4.79 Å². The summed E-state index contributed by atoms with van der Waals surface area (Å²) in [5.41, 5.74) is 5.59. The molecular weight excluding hydrogens is 190 g/mol. The summed E-state index contributed by atoms with van der Waals surface area (Å²) in [6.07, 6.45) is 3.27. The van der Waals surface area contributed by atoms with E-state index in [0.29, 0.717) is 12.1 Å². The average molecular weight is 213 g/mol. The molecule has 1 saturated heterocycles. The van der Waals surface area contributed by atoms with E-state index in [1.54, 1.807) is 6.92 Å². The third-order valence-corrected chi connectivity index (χ3v) is 3.11. The second kappa shape index (κ2) is 6.08. The summed E-state index contributed by atoms with van der Waals surface area (Å²) in [5.74, 6) is 0.0775. The number of carbonyl (C=O) groups is 1. The van der Waals surface area contributed by atoms with Gasteiger partial charge in [-0.25, -0.2) is 0 Å². The van der Waals surface area contributed by atoms with E-state index < -0.39 is 0 Å². The van der Waals surface area contributed by atoms with Crippen LogP contribution in [0.25, 0.3) is 0 Å². The van der Waals surface area contributed by atoms with Crippen molar-refractivity contribution < 1.29 is 4.79 Å². The predicted octanol–water partition coefficient (Wildman–Crippen LogP) is 0.324. The Hall–Kier alpha value is -0.610. The standard InChI is InChI=1S/C11H23N3O/c1-3-11(4-6-12)14-7-5-10(8-14)13-9(2)15/h10-11H,3-8,12H2,1-2H3,(H,13,15). The molecule has 15 heavy (non-hydrogen) atoms. The van der Waals surface area contributed by atoms with Crippen molar-refractivity contribution in [1.82, 2.24) is 10.2 Å². The quantitative estimate of drug-likeness (QED) is 0.691. The van der Waals surface area contributed by atoms with Crippen LogP contribution in [0.2, 0.25) is 0 Å². The Morgan fingerprint density at radius 1 is 1.67 bits per heavy atom. The van der Waals surface area contributed by atoms with Crippen molar-refractivity contribution in [2.75, 3.05) is 19.6 Å². The van der Waals surface area contributed by atoms with Crippen LogP contribution in [0, 0.1) is 0 Å². The van der Waals surface area contributed by atoms with Gasteiger partial charge in [0.05, 0.1) is 0 Å². The number of hydrogen-bond donors (Lipinski definition) is 2. The zero-order valence-electron chi connectivity index (χ0n) is 9.83. The van der Waals surface area contributed by atoms with Crippen LogP contribution in [0.3, 0.4) is 0 Å². The topological polar surface area (TPSA) is 58.4 Å². The summed E-state index contributed by atoms with van der Waals surface area (Å²) in [5, 5.41) is 2.98. The van der Waals surface area contributed by atoms with Crippen LogP contribution in [-0.2, 0) is 4.79 Å². The number of rotatable bonds is 5. The van der Waals surface area contributed by atoms with Crippen molar-refractivity contribution in [1.29, 1.82) is 0 Å². The van der Waals surface area contributed by atoms with Crippen LogP contribution in [0.1, 0.15) is 33.1 Å². The number of hydrogen-bond acceptors (Lipinski definition) is 3. The van der Waals surface area contributed by atoms with Crippen LogP contribution in [-0.4, -0.2) is 42.5 Å². The molecule has 1 heterocycles. The summed E-state index contributed by atoms with van der Waals surface area (Å²) in [4.78, 5) is 13.4. The number of carbonyl (C=O) groups excluding carboxylic acids is 1. The first-order chi connectivity index (χ1) is 7.17. The number of likely N-dealkylation sites (tertiary alicyclic amines) is 1. The highest BCUT2D eigenvalue weighted by Gasteiger charge is 2.27. The van der Waals surface area contributed by atoms with E-state index in [2.05, 4.69) is 17.1 Å². The fourth-order valence-electron chi connectivity index (χ4n) is 2.36. The van der Waals surface area contributed by atoms with Crippen LogP contribution in [0.4, 0.5) is 0 Å². The van der Waals surface area contributed by atoms with Gasteiger partial charge >= 0.3 is 0 Å². The Kier molecular flexibility index (Phi) is 5.05. The minimum Gasteiger partial charge on any atom is -0.352 e. The van der Waals surface area contributed by atoms with Crippen molar-refractivity contribution in [2.24, 2.45) is 5.73 Å². The van der Waals surface area contributed by atoms with Gasteiger partial charge in [-0.05, 0) is 25.8 Å². The summed E-state index contributed by atoms with van der Waals surface area (Å²) < 4.78 is 0. The SMILES string of the molecule is CCC(CCN)N1CCC(NC(C)=O)C1. The summed E-state index contributed by atoms with van der Waals surface area (Å²) in [6.45, 7) is 6.60. The number of nitrogens with two attached hydrogens (primary N) is 1. The third kappa shape index (κ3) is 3.80. The Morgan fingerprint density at radius 2 is 2.40 bits per heavy atom. The molecular formula is C11H23N3O. The molecule has 4 heteroatoms. The molecule has 0 aromatic carbocycles. The fraction of sp³-hybridized carbons (Fsp3) is 0.909. The minimum atomic E-state index is 0.0775. The molecule has 1 aliphatic rings. The van der Waals surface area contributed by atoms with Gasteiger partial charge in [-0.15, -0.1) is 0 Å². The normalized spacial score (nSPS) is 24.1. The average Bonchev–Trinajstić information content (AvgIpc) is 2.61. The van der Waals surface area contributed by atoms with Crippen LogP contribution in [0.5, 0.6) is 0 Å². The smallest absolute Gasteiger partial charge is 0.217 e. The molecule has 1 aliphatic heterocycles. The molecule has 1 rings (SSSR count). The van der Waals surface area contributed by atoms with Gasteiger partial charge in [0.2, 0.25) is 5.91 Å². The van der Waals surface area contributed by atoms with Crippen molar-refractivity contribution in [3.05, 3.63) is 0 Å². The fourth-order valence-corrected chi connectivity index (χ4v) is 2.36. The molecule has 0 spiro atoms. The Labute approximate surface area is 92.2 Å². The second-order valence-corrected chi connectivity index (χ2v) is 4.32. The molecule has 3 N–H and O–H groups in total. The first kappa shape index (κ1) is 12.5. The van der Waals surface area contributed by atoms with Crippen molar-refractivity contribution in [3.63, 3.8) is 0 Å².